The van der Waals surface area contributed by atoms with Gasteiger partial charge in [0.15, 0.2) is 0 Å². The summed E-state index contributed by atoms with van der Waals surface area (Å²) in [5.41, 5.74) is 2.31. The van der Waals surface area contributed by atoms with E-state index in [4.69, 9.17) is 18.9 Å². The first-order valence-electron chi connectivity index (χ1n) is 13.3. The van der Waals surface area contributed by atoms with E-state index >= 15 is 0 Å². The molecule has 0 fully saturated rings. The van der Waals surface area contributed by atoms with Crippen LogP contribution in [-0.4, -0.2) is 53.9 Å². The number of esters is 3. The maximum absolute atomic E-state index is 12.9. The highest BCUT2D eigenvalue weighted by Crippen LogP contribution is 2.39. The number of fused-ring (bicyclic) bond motifs is 2. The van der Waals surface area contributed by atoms with Crippen molar-refractivity contribution in [1.29, 1.82) is 0 Å². The molecule has 0 radical (unpaired) electrons. The Balaban J connectivity index is 1.76. The van der Waals surface area contributed by atoms with Crippen molar-refractivity contribution in [2.24, 2.45) is 0 Å². The number of aryl methyl sites for hydroxylation is 1. The average molecular weight is 537 g/mol. The normalized spacial score (nSPS) is 14.9. The molecule has 2 aromatic carbocycles. The smallest absolute Gasteiger partial charge is 0.354 e. The molecule has 0 N–H and O–H groups in total. The number of ether oxygens (including phenoxy) is 4. The van der Waals surface area contributed by atoms with Crippen molar-refractivity contribution in [3.05, 3.63) is 59.8 Å². The lowest BCUT2D eigenvalue weighted by molar-refractivity contribution is -0.155. The second-order valence-corrected chi connectivity index (χ2v) is 10.3. The molecule has 1 atom stereocenters. The van der Waals surface area contributed by atoms with Gasteiger partial charge in [0, 0.05) is 18.5 Å². The highest BCUT2D eigenvalue weighted by atomic mass is 16.6. The molecule has 1 aliphatic heterocycles. The molecule has 9 heteroatoms. The highest BCUT2D eigenvalue weighted by Gasteiger charge is 2.33. The van der Waals surface area contributed by atoms with Crippen LogP contribution < -0.4 is 9.64 Å². The monoisotopic (exact) mass is 536 g/mol. The third-order valence-corrected chi connectivity index (χ3v) is 6.19. The van der Waals surface area contributed by atoms with Gasteiger partial charge in [-0.3, -0.25) is 4.79 Å². The van der Waals surface area contributed by atoms with Crippen molar-refractivity contribution in [3.8, 4) is 5.75 Å². The molecule has 208 valence electrons. The molecule has 1 aromatic heterocycles. The van der Waals surface area contributed by atoms with Gasteiger partial charge in [-0.1, -0.05) is 30.3 Å². The largest absolute Gasteiger partial charge is 0.475 e. The van der Waals surface area contributed by atoms with E-state index in [9.17, 15) is 14.4 Å². The average Bonchev–Trinajstić information content (AvgIpc) is 3.23. The van der Waals surface area contributed by atoms with Gasteiger partial charge in [0.05, 0.1) is 37.4 Å². The predicted octanol–water partition coefficient (Wildman–Crippen LogP) is 4.88. The van der Waals surface area contributed by atoms with Crippen LogP contribution in [0.2, 0.25) is 0 Å². The topological polar surface area (TPSA) is 96.3 Å². The van der Waals surface area contributed by atoms with Crippen LogP contribution in [0.5, 0.6) is 5.75 Å². The Hall–Kier alpha value is -4.01. The number of rotatable bonds is 9. The number of anilines is 1. The van der Waals surface area contributed by atoms with Crippen molar-refractivity contribution in [2.45, 2.75) is 65.8 Å². The summed E-state index contributed by atoms with van der Waals surface area (Å²) in [6, 6.07) is 15.4. The molecule has 4 rings (SSSR count). The lowest BCUT2D eigenvalue weighted by Crippen LogP contribution is -2.45. The molecule has 9 nitrogen and oxygen atoms in total. The fourth-order valence-corrected chi connectivity index (χ4v) is 4.63. The first-order chi connectivity index (χ1) is 18.6. The van der Waals surface area contributed by atoms with E-state index in [-0.39, 0.29) is 32.1 Å². The van der Waals surface area contributed by atoms with Crippen molar-refractivity contribution in [1.82, 2.24) is 4.57 Å². The van der Waals surface area contributed by atoms with Crippen molar-refractivity contribution < 1.29 is 33.3 Å². The van der Waals surface area contributed by atoms with Crippen LogP contribution in [0.4, 0.5) is 5.69 Å². The third-order valence-electron chi connectivity index (χ3n) is 6.19. The summed E-state index contributed by atoms with van der Waals surface area (Å²) in [7, 11) is 0. The molecule has 0 spiro atoms. The fourth-order valence-electron chi connectivity index (χ4n) is 4.63. The SMILES string of the molecule is CCOC(=O)c1cc2cc3c(cc2n1CCC(=O)OC(C)(C)C)N(Cc1ccccc1)CC(C(=O)OCC)O3. The number of hydrogen-bond acceptors (Lipinski definition) is 8. The zero-order chi connectivity index (χ0) is 28.2. The van der Waals surface area contributed by atoms with Crippen LogP contribution in [0.3, 0.4) is 0 Å². The van der Waals surface area contributed by atoms with Crippen LogP contribution in [0.25, 0.3) is 10.9 Å². The minimum absolute atomic E-state index is 0.0830. The second-order valence-electron chi connectivity index (χ2n) is 10.3. The Kier molecular flexibility index (Phi) is 8.47. The second kappa shape index (κ2) is 11.8. The molecule has 0 saturated heterocycles. The number of carbonyl (C=O) groups is 3. The maximum Gasteiger partial charge on any atom is 0.354 e. The van der Waals surface area contributed by atoms with E-state index in [2.05, 4.69) is 4.90 Å². The standard InChI is InChI=1S/C30H36N2O7/c1-6-36-28(34)24-15-21-16-25-23(17-22(21)32(24)14-13-27(33)39-30(3,4)5)31(18-20-11-9-8-10-12-20)19-26(38-25)29(35)37-7-2/h8-12,15-17,26H,6-7,13-14,18-19H2,1-5H3. The maximum atomic E-state index is 12.9. The lowest BCUT2D eigenvalue weighted by atomic mass is 10.1. The summed E-state index contributed by atoms with van der Waals surface area (Å²) in [4.78, 5) is 40.1. The van der Waals surface area contributed by atoms with Crippen LogP contribution in [0.15, 0.2) is 48.5 Å². The molecular weight excluding hydrogens is 500 g/mol. The first-order valence-corrected chi connectivity index (χ1v) is 13.3. The molecule has 39 heavy (non-hydrogen) atoms. The van der Waals surface area contributed by atoms with E-state index in [1.54, 1.807) is 24.5 Å². The summed E-state index contributed by atoms with van der Waals surface area (Å²) >= 11 is 0. The van der Waals surface area contributed by atoms with E-state index in [1.807, 2.05) is 63.2 Å². The van der Waals surface area contributed by atoms with Gasteiger partial charge < -0.3 is 28.4 Å². The fraction of sp³-hybridized carbons (Fsp3) is 0.433. The van der Waals surface area contributed by atoms with Crippen molar-refractivity contribution in [2.75, 3.05) is 24.7 Å². The molecule has 0 bridgehead atoms. The van der Waals surface area contributed by atoms with Gasteiger partial charge in [-0.25, -0.2) is 9.59 Å². The van der Waals surface area contributed by atoms with Crippen LogP contribution >= 0.6 is 0 Å². The summed E-state index contributed by atoms with van der Waals surface area (Å²) < 4.78 is 23.9. The lowest BCUT2D eigenvalue weighted by Gasteiger charge is -2.35. The zero-order valence-corrected chi connectivity index (χ0v) is 23.2. The Morgan fingerprint density at radius 2 is 1.72 bits per heavy atom. The Bertz CT molecular complexity index is 1340. The molecule has 2 heterocycles. The molecule has 1 aliphatic rings. The first kappa shape index (κ1) is 28.0. The van der Waals surface area contributed by atoms with E-state index in [0.29, 0.717) is 24.5 Å². The van der Waals surface area contributed by atoms with Crippen LogP contribution in [0.1, 0.15) is 57.1 Å². The van der Waals surface area contributed by atoms with E-state index in [1.165, 1.54) is 0 Å². The molecule has 0 aliphatic carbocycles. The van der Waals surface area contributed by atoms with Gasteiger partial charge in [0.1, 0.15) is 17.0 Å². The zero-order valence-electron chi connectivity index (χ0n) is 23.2. The van der Waals surface area contributed by atoms with Gasteiger partial charge in [-0.15, -0.1) is 0 Å². The van der Waals surface area contributed by atoms with Crippen molar-refractivity contribution in [3.63, 3.8) is 0 Å². The predicted molar refractivity (Wildman–Crippen MR) is 147 cm³/mol. The van der Waals surface area contributed by atoms with Gasteiger partial charge in [0.2, 0.25) is 6.10 Å². The molecule has 0 saturated carbocycles. The molecule has 3 aromatic rings. The summed E-state index contributed by atoms with van der Waals surface area (Å²) in [5.74, 6) is -0.753. The molecular formula is C30H36N2O7. The van der Waals surface area contributed by atoms with Gasteiger partial charge in [0.25, 0.3) is 0 Å². The summed E-state index contributed by atoms with van der Waals surface area (Å²) in [6.07, 6.45) is -0.711. The van der Waals surface area contributed by atoms with Crippen LogP contribution in [-0.2, 0) is 36.9 Å². The number of carbonyl (C=O) groups excluding carboxylic acids is 3. The van der Waals surface area contributed by atoms with Crippen molar-refractivity contribution >= 4 is 34.5 Å². The quantitative estimate of drug-likeness (QED) is 0.282. The molecule has 1 unspecified atom stereocenters. The minimum atomic E-state index is -0.794. The Morgan fingerprint density at radius 1 is 1.00 bits per heavy atom. The number of nitrogens with zero attached hydrogens (tertiary/aromatic N) is 2. The Morgan fingerprint density at radius 3 is 2.38 bits per heavy atom. The van der Waals surface area contributed by atoms with E-state index < -0.39 is 23.6 Å². The molecule has 0 amide bonds. The van der Waals surface area contributed by atoms with Gasteiger partial charge in [-0.05, 0) is 58.4 Å². The third kappa shape index (κ3) is 6.71. The Labute approximate surface area is 228 Å². The summed E-state index contributed by atoms with van der Waals surface area (Å²) in [5, 5.41) is 0.727. The number of hydrogen-bond donors (Lipinski definition) is 0. The highest BCUT2D eigenvalue weighted by molar-refractivity contribution is 5.98. The summed E-state index contributed by atoms with van der Waals surface area (Å²) in [6.45, 7) is 10.5. The van der Waals surface area contributed by atoms with Gasteiger partial charge >= 0.3 is 17.9 Å². The van der Waals surface area contributed by atoms with E-state index in [0.717, 1.165) is 22.2 Å². The number of benzene rings is 2. The van der Waals surface area contributed by atoms with Gasteiger partial charge in [-0.2, -0.15) is 0 Å². The van der Waals surface area contributed by atoms with Crippen LogP contribution in [0, 0.1) is 0 Å². The number of aromatic nitrogens is 1. The minimum Gasteiger partial charge on any atom is -0.475 e.